The second-order valence-electron chi connectivity index (χ2n) is 6.49. The van der Waals surface area contributed by atoms with Crippen LogP contribution >= 0.6 is 0 Å². The molecule has 0 saturated heterocycles. The number of carboxylic acid groups (broad SMARTS) is 1. The molecule has 0 radical (unpaired) electrons. The lowest BCUT2D eigenvalue weighted by Crippen LogP contribution is -2.40. The van der Waals surface area contributed by atoms with Crippen LogP contribution < -0.4 is 0 Å². The lowest BCUT2D eigenvalue weighted by molar-refractivity contribution is 0.104. The van der Waals surface area contributed by atoms with Crippen molar-refractivity contribution in [1.82, 2.24) is 4.90 Å². The van der Waals surface area contributed by atoms with Crippen molar-refractivity contribution in [2.24, 2.45) is 0 Å². The largest absolute Gasteiger partial charge is 0.508 e. The van der Waals surface area contributed by atoms with Gasteiger partial charge in [0, 0.05) is 12.6 Å². The van der Waals surface area contributed by atoms with Crippen LogP contribution in [0.15, 0.2) is 54.6 Å². The highest BCUT2D eigenvalue weighted by atomic mass is 16.4. The second-order valence-corrected chi connectivity index (χ2v) is 6.49. The molecule has 126 valence electrons. The third kappa shape index (κ3) is 3.88. The average molecular weight is 325 g/mol. The highest BCUT2D eigenvalue weighted by Gasteiger charge is 2.29. The third-order valence-corrected chi connectivity index (χ3v) is 4.94. The Balaban J connectivity index is 1.63. The quantitative estimate of drug-likeness (QED) is 0.863. The minimum Gasteiger partial charge on any atom is -0.508 e. The Morgan fingerprint density at radius 2 is 1.58 bits per heavy atom. The van der Waals surface area contributed by atoms with Crippen molar-refractivity contribution < 1.29 is 15.0 Å². The number of hydrogen-bond acceptors (Lipinski definition) is 2. The van der Waals surface area contributed by atoms with E-state index >= 15 is 0 Å². The van der Waals surface area contributed by atoms with Crippen LogP contribution in [-0.4, -0.2) is 27.2 Å². The smallest absolute Gasteiger partial charge is 0.407 e. The molecule has 2 aromatic carbocycles. The normalized spacial score (nSPS) is 20.5. The molecule has 2 N–H and O–H groups in total. The Labute approximate surface area is 142 Å². The molecule has 1 fully saturated rings. The van der Waals surface area contributed by atoms with Crippen LogP contribution in [0.3, 0.4) is 0 Å². The van der Waals surface area contributed by atoms with Crippen molar-refractivity contribution in [3.05, 3.63) is 65.7 Å². The van der Waals surface area contributed by atoms with Gasteiger partial charge in [-0.3, -0.25) is 0 Å². The fraction of sp³-hybridized carbons (Fsp3) is 0.350. The molecule has 0 heterocycles. The fourth-order valence-corrected chi connectivity index (χ4v) is 3.60. The molecule has 24 heavy (non-hydrogen) atoms. The zero-order valence-corrected chi connectivity index (χ0v) is 13.6. The Bertz CT molecular complexity index is 661. The maximum atomic E-state index is 11.7. The van der Waals surface area contributed by atoms with Gasteiger partial charge in [0.2, 0.25) is 0 Å². The second kappa shape index (κ2) is 7.39. The maximum absolute atomic E-state index is 11.7. The zero-order chi connectivity index (χ0) is 16.9. The first-order valence-corrected chi connectivity index (χ1v) is 8.46. The van der Waals surface area contributed by atoms with Gasteiger partial charge in [-0.05, 0) is 54.9 Å². The van der Waals surface area contributed by atoms with Crippen LogP contribution in [0, 0.1) is 0 Å². The van der Waals surface area contributed by atoms with Crippen LogP contribution in [-0.2, 0) is 6.54 Å². The first-order valence-electron chi connectivity index (χ1n) is 8.46. The maximum Gasteiger partial charge on any atom is 0.407 e. The molecule has 1 amide bonds. The molecule has 4 heteroatoms. The van der Waals surface area contributed by atoms with Crippen molar-refractivity contribution in [3.8, 4) is 5.75 Å². The molecule has 0 unspecified atom stereocenters. The van der Waals surface area contributed by atoms with E-state index in [0.717, 1.165) is 31.2 Å². The molecule has 1 aliphatic rings. The summed E-state index contributed by atoms with van der Waals surface area (Å²) < 4.78 is 0. The van der Waals surface area contributed by atoms with Gasteiger partial charge in [0.05, 0.1) is 0 Å². The van der Waals surface area contributed by atoms with E-state index in [2.05, 4.69) is 0 Å². The van der Waals surface area contributed by atoms with Crippen LogP contribution in [0.25, 0.3) is 0 Å². The zero-order valence-electron chi connectivity index (χ0n) is 13.6. The Kier molecular flexibility index (Phi) is 5.04. The summed E-state index contributed by atoms with van der Waals surface area (Å²) in [5.74, 6) is 0.738. The summed E-state index contributed by atoms with van der Waals surface area (Å²) in [6.07, 6.45) is 2.88. The first kappa shape index (κ1) is 16.4. The summed E-state index contributed by atoms with van der Waals surface area (Å²) in [5.41, 5.74) is 2.26. The number of phenols is 1. The SMILES string of the molecule is O=C(O)N(Cc1ccccc1)C1CCC(c2ccc(O)cc2)CC1. The van der Waals surface area contributed by atoms with Crippen LogP contribution in [0.1, 0.15) is 42.7 Å². The number of hydrogen-bond donors (Lipinski definition) is 2. The van der Waals surface area contributed by atoms with Gasteiger partial charge in [0.15, 0.2) is 0 Å². The Morgan fingerprint density at radius 1 is 0.958 bits per heavy atom. The highest BCUT2D eigenvalue weighted by Crippen LogP contribution is 2.35. The average Bonchev–Trinajstić information content (AvgIpc) is 2.61. The monoisotopic (exact) mass is 325 g/mol. The standard InChI is InChI=1S/C20H23NO3/c22-19-12-8-17(9-13-19)16-6-10-18(11-7-16)21(20(23)24)14-15-4-2-1-3-5-15/h1-5,8-9,12-13,16,18,22H,6-7,10-11,14H2,(H,23,24). The molecule has 4 nitrogen and oxygen atoms in total. The number of amides is 1. The molecule has 0 atom stereocenters. The molecular weight excluding hydrogens is 302 g/mol. The summed E-state index contributed by atoms with van der Waals surface area (Å²) in [7, 11) is 0. The molecule has 1 aliphatic carbocycles. The molecule has 1 saturated carbocycles. The fourth-order valence-electron chi connectivity index (χ4n) is 3.60. The van der Waals surface area contributed by atoms with E-state index in [4.69, 9.17) is 0 Å². The predicted octanol–water partition coefficient (Wildman–Crippen LogP) is 4.60. The van der Waals surface area contributed by atoms with E-state index < -0.39 is 6.09 Å². The number of aromatic hydroxyl groups is 1. The van der Waals surface area contributed by atoms with Crippen molar-refractivity contribution in [1.29, 1.82) is 0 Å². The molecule has 2 aromatic rings. The summed E-state index contributed by atoms with van der Waals surface area (Å²) in [6, 6.07) is 17.2. The summed E-state index contributed by atoms with van der Waals surface area (Å²) in [4.78, 5) is 13.3. The van der Waals surface area contributed by atoms with E-state index in [1.807, 2.05) is 42.5 Å². The van der Waals surface area contributed by atoms with Crippen molar-refractivity contribution in [3.63, 3.8) is 0 Å². The van der Waals surface area contributed by atoms with E-state index in [1.165, 1.54) is 5.56 Å². The number of phenolic OH excluding ortho intramolecular Hbond substituents is 1. The Morgan fingerprint density at radius 3 is 2.17 bits per heavy atom. The van der Waals surface area contributed by atoms with Crippen LogP contribution in [0.2, 0.25) is 0 Å². The number of rotatable bonds is 4. The van der Waals surface area contributed by atoms with E-state index in [9.17, 15) is 15.0 Å². The number of nitrogens with zero attached hydrogens (tertiary/aromatic N) is 1. The minimum atomic E-state index is -0.841. The van der Waals surface area contributed by atoms with E-state index in [1.54, 1.807) is 17.0 Å². The highest BCUT2D eigenvalue weighted by molar-refractivity contribution is 5.65. The van der Waals surface area contributed by atoms with Gasteiger partial charge in [-0.1, -0.05) is 42.5 Å². The van der Waals surface area contributed by atoms with Gasteiger partial charge in [-0.15, -0.1) is 0 Å². The van der Waals surface area contributed by atoms with Crippen molar-refractivity contribution in [2.75, 3.05) is 0 Å². The topological polar surface area (TPSA) is 60.8 Å². The van der Waals surface area contributed by atoms with Gasteiger partial charge in [0.25, 0.3) is 0 Å². The van der Waals surface area contributed by atoms with Gasteiger partial charge in [-0.25, -0.2) is 4.79 Å². The van der Waals surface area contributed by atoms with Gasteiger partial charge < -0.3 is 15.1 Å². The first-order chi connectivity index (χ1) is 11.6. The summed E-state index contributed by atoms with van der Waals surface area (Å²) >= 11 is 0. The number of carbonyl (C=O) groups is 1. The van der Waals surface area contributed by atoms with Gasteiger partial charge >= 0.3 is 6.09 Å². The van der Waals surface area contributed by atoms with Crippen molar-refractivity contribution in [2.45, 2.75) is 44.2 Å². The molecule has 0 bridgehead atoms. The molecule has 0 spiro atoms. The molecule has 3 rings (SSSR count). The van der Waals surface area contributed by atoms with E-state index in [0.29, 0.717) is 12.5 Å². The van der Waals surface area contributed by atoms with Crippen LogP contribution in [0.5, 0.6) is 5.75 Å². The van der Waals surface area contributed by atoms with Gasteiger partial charge in [-0.2, -0.15) is 0 Å². The lowest BCUT2D eigenvalue weighted by Gasteiger charge is -2.35. The van der Waals surface area contributed by atoms with E-state index in [-0.39, 0.29) is 11.8 Å². The predicted molar refractivity (Wildman–Crippen MR) is 93.1 cm³/mol. The summed E-state index contributed by atoms with van der Waals surface area (Å²) in [5, 5.41) is 19.0. The van der Waals surface area contributed by atoms with Crippen molar-refractivity contribution >= 4 is 6.09 Å². The molecule has 0 aliphatic heterocycles. The molecule has 0 aromatic heterocycles. The lowest BCUT2D eigenvalue weighted by atomic mass is 9.81. The van der Waals surface area contributed by atoms with Gasteiger partial charge in [0.1, 0.15) is 5.75 Å². The third-order valence-electron chi connectivity index (χ3n) is 4.94. The Hall–Kier alpha value is -2.49. The summed E-state index contributed by atoms with van der Waals surface area (Å²) in [6.45, 7) is 0.449. The van der Waals surface area contributed by atoms with Crippen LogP contribution in [0.4, 0.5) is 4.79 Å². The minimum absolute atomic E-state index is 0.0797. The number of benzene rings is 2. The molecular formula is C20H23NO3.